The molecule has 0 aliphatic rings. The average molecular weight is 390 g/mol. The topological polar surface area (TPSA) is 106 Å². The fourth-order valence-corrected chi connectivity index (χ4v) is 3.30. The van der Waals surface area contributed by atoms with Gasteiger partial charge in [0.2, 0.25) is 0 Å². The summed E-state index contributed by atoms with van der Waals surface area (Å²) >= 11 is 0. The van der Waals surface area contributed by atoms with Gasteiger partial charge in [-0.1, -0.05) is 16.6 Å². The number of ether oxygens (including phenoxy) is 2. The molecular weight excluding hydrogens is 372 g/mol. The van der Waals surface area contributed by atoms with Crippen LogP contribution in [0.3, 0.4) is 0 Å². The van der Waals surface area contributed by atoms with Crippen LogP contribution >= 0.6 is 0 Å². The van der Waals surface area contributed by atoms with Crippen LogP contribution in [0.2, 0.25) is 0 Å². The molecule has 0 spiro atoms. The standard InChI is InChI=1S/C18H18N2O6S/c1-20(25-3)27(22,23)17-10-15(8-9-16(17)24-2)18(21)26-12-14-6-4-13(11-19)5-7-14/h4-10H,12H2,1-3H3. The highest BCUT2D eigenvalue weighted by molar-refractivity contribution is 7.89. The van der Waals surface area contributed by atoms with Gasteiger partial charge in [-0.25, -0.2) is 13.2 Å². The molecule has 0 atom stereocenters. The van der Waals surface area contributed by atoms with Gasteiger partial charge in [0, 0.05) is 7.05 Å². The highest BCUT2D eigenvalue weighted by Crippen LogP contribution is 2.27. The third kappa shape index (κ3) is 4.62. The van der Waals surface area contributed by atoms with Crippen LogP contribution in [-0.4, -0.2) is 40.1 Å². The van der Waals surface area contributed by atoms with Crippen LogP contribution in [0.4, 0.5) is 0 Å². The highest BCUT2D eigenvalue weighted by Gasteiger charge is 2.26. The molecule has 2 aromatic carbocycles. The Morgan fingerprint density at radius 3 is 2.37 bits per heavy atom. The van der Waals surface area contributed by atoms with Crippen molar-refractivity contribution in [3.63, 3.8) is 0 Å². The first-order valence-electron chi connectivity index (χ1n) is 7.70. The van der Waals surface area contributed by atoms with Gasteiger partial charge in [-0.3, -0.25) is 4.84 Å². The fourth-order valence-electron chi connectivity index (χ4n) is 2.15. The third-order valence-corrected chi connectivity index (χ3v) is 5.43. The van der Waals surface area contributed by atoms with Crippen LogP contribution < -0.4 is 4.74 Å². The Kier molecular flexibility index (Phi) is 6.52. The van der Waals surface area contributed by atoms with E-state index in [4.69, 9.17) is 19.6 Å². The summed E-state index contributed by atoms with van der Waals surface area (Å²) in [7, 11) is -0.257. The van der Waals surface area contributed by atoms with Gasteiger partial charge < -0.3 is 9.47 Å². The lowest BCUT2D eigenvalue weighted by Gasteiger charge is -2.17. The number of esters is 1. The molecule has 9 heteroatoms. The van der Waals surface area contributed by atoms with Crippen LogP contribution in [0.1, 0.15) is 21.5 Å². The minimum absolute atomic E-state index is 0.0172. The second-order valence-corrected chi connectivity index (χ2v) is 7.25. The zero-order valence-electron chi connectivity index (χ0n) is 15.0. The molecule has 0 aliphatic carbocycles. The van der Waals surface area contributed by atoms with Crippen molar-refractivity contribution < 1.29 is 27.5 Å². The van der Waals surface area contributed by atoms with Crippen molar-refractivity contribution >= 4 is 16.0 Å². The maximum absolute atomic E-state index is 12.5. The molecule has 0 aliphatic heterocycles. The molecule has 0 radical (unpaired) electrons. The van der Waals surface area contributed by atoms with E-state index in [2.05, 4.69) is 0 Å². The summed E-state index contributed by atoms with van der Waals surface area (Å²) in [4.78, 5) is 16.8. The largest absolute Gasteiger partial charge is 0.495 e. The molecule has 0 unspecified atom stereocenters. The van der Waals surface area contributed by atoms with Gasteiger partial charge in [0.15, 0.2) is 0 Å². The smallest absolute Gasteiger partial charge is 0.338 e. The summed E-state index contributed by atoms with van der Waals surface area (Å²) in [5.41, 5.74) is 1.24. The van der Waals surface area contributed by atoms with Gasteiger partial charge >= 0.3 is 5.97 Å². The van der Waals surface area contributed by atoms with Crippen molar-refractivity contribution in [2.45, 2.75) is 11.5 Å². The second kappa shape index (κ2) is 8.64. The quantitative estimate of drug-likeness (QED) is 0.526. The Morgan fingerprint density at radius 2 is 1.81 bits per heavy atom. The molecule has 0 fully saturated rings. The third-order valence-electron chi connectivity index (χ3n) is 3.73. The molecule has 2 aromatic rings. The van der Waals surface area contributed by atoms with Gasteiger partial charge in [0.25, 0.3) is 10.0 Å². The lowest BCUT2D eigenvalue weighted by molar-refractivity contribution is -0.0259. The summed E-state index contributed by atoms with van der Waals surface area (Å²) in [5, 5.41) is 8.78. The molecule has 27 heavy (non-hydrogen) atoms. The first-order chi connectivity index (χ1) is 12.8. The van der Waals surface area contributed by atoms with Gasteiger partial charge in [-0.15, -0.1) is 0 Å². The van der Waals surface area contributed by atoms with Gasteiger partial charge in [0.05, 0.1) is 31.4 Å². The van der Waals surface area contributed by atoms with Gasteiger partial charge in [-0.05, 0) is 35.9 Å². The Labute approximate surface area is 157 Å². The molecule has 0 aromatic heterocycles. The SMILES string of the molecule is COc1ccc(C(=O)OCc2ccc(C#N)cc2)cc1S(=O)(=O)N(C)OC. The van der Waals surface area contributed by atoms with E-state index < -0.39 is 16.0 Å². The van der Waals surface area contributed by atoms with E-state index in [1.165, 1.54) is 39.5 Å². The highest BCUT2D eigenvalue weighted by atomic mass is 32.2. The number of rotatable bonds is 7. The number of sulfonamides is 1. The molecule has 0 heterocycles. The minimum atomic E-state index is -4.01. The number of nitrogens with zero attached hydrogens (tertiary/aromatic N) is 2. The summed E-state index contributed by atoms with van der Waals surface area (Å²) < 4.78 is 35.9. The maximum Gasteiger partial charge on any atom is 0.338 e. The van der Waals surface area contributed by atoms with Gasteiger partial charge in [-0.2, -0.15) is 5.26 Å². The summed E-state index contributed by atoms with van der Waals surface area (Å²) in [6.07, 6.45) is 0. The Bertz CT molecular complexity index is 964. The fraction of sp³-hybridized carbons (Fsp3) is 0.222. The molecule has 2 rings (SSSR count). The van der Waals surface area contributed by atoms with E-state index >= 15 is 0 Å². The number of nitriles is 1. The maximum atomic E-state index is 12.5. The average Bonchev–Trinajstić information content (AvgIpc) is 2.71. The zero-order valence-corrected chi connectivity index (χ0v) is 15.8. The number of hydrogen-bond donors (Lipinski definition) is 0. The van der Waals surface area contributed by atoms with Crippen molar-refractivity contribution in [1.82, 2.24) is 4.47 Å². The first kappa shape index (κ1) is 20.4. The molecule has 0 bridgehead atoms. The van der Waals surface area contributed by atoms with Crippen molar-refractivity contribution in [2.75, 3.05) is 21.3 Å². The molecular formula is C18H18N2O6S. The van der Waals surface area contributed by atoms with Crippen LogP contribution in [0.5, 0.6) is 5.75 Å². The predicted octanol–water partition coefficient (Wildman–Crippen LogP) is 2.11. The molecule has 0 amide bonds. The van der Waals surface area contributed by atoms with E-state index in [9.17, 15) is 13.2 Å². The summed E-state index contributed by atoms with van der Waals surface area (Å²) in [6, 6.07) is 12.5. The normalized spacial score (nSPS) is 11.1. The van der Waals surface area contributed by atoms with E-state index in [1.54, 1.807) is 24.3 Å². The monoisotopic (exact) mass is 390 g/mol. The number of carbonyl (C=O) groups excluding carboxylic acids is 1. The predicted molar refractivity (Wildman–Crippen MR) is 95.2 cm³/mol. The molecule has 0 saturated carbocycles. The zero-order chi connectivity index (χ0) is 20.0. The summed E-state index contributed by atoms with van der Waals surface area (Å²) in [6.45, 7) is -0.0172. The number of hydroxylamine groups is 1. The Balaban J connectivity index is 2.23. The van der Waals surface area contributed by atoms with E-state index in [0.717, 1.165) is 0 Å². The van der Waals surface area contributed by atoms with Crippen molar-refractivity contribution in [1.29, 1.82) is 5.26 Å². The first-order valence-corrected chi connectivity index (χ1v) is 9.14. The Morgan fingerprint density at radius 1 is 1.15 bits per heavy atom. The minimum Gasteiger partial charge on any atom is -0.495 e. The van der Waals surface area contributed by atoms with Crippen LogP contribution in [0.25, 0.3) is 0 Å². The van der Waals surface area contributed by atoms with Crippen molar-refractivity contribution in [3.8, 4) is 11.8 Å². The van der Waals surface area contributed by atoms with E-state index in [0.29, 0.717) is 15.6 Å². The van der Waals surface area contributed by atoms with Gasteiger partial charge in [0.1, 0.15) is 17.3 Å². The number of carbonyl (C=O) groups is 1. The lowest BCUT2D eigenvalue weighted by atomic mass is 10.1. The van der Waals surface area contributed by atoms with Crippen molar-refractivity contribution in [2.24, 2.45) is 0 Å². The van der Waals surface area contributed by atoms with Crippen molar-refractivity contribution in [3.05, 3.63) is 59.2 Å². The number of benzene rings is 2. The number of hydrogen-bond acceptors (Lipinski definition) is 7. The van der Waals surface area contributed by atoms with Crippen LogP contribution in [-0.2, 0) is 26.2 Å². The molecule has 142 valence electrons. The molecule has 0 saturated heterocycles. The van der Waals surface area contributed by atoms with E-state index in [-0.39, 0.29) is 22.8 Å². The Hall–Kier alpha value is -2.93. The van der Waals surface area contributed by atoms with Crippen LogP contribution in [0.15, 0.2) is 47.4 Å². The lowest BCUT2D eigenvalue weighted by Crippen LogP contribution is -2.26. The number of methoxy groups -OCH3 is 1. The molecule has 0 N–H and O–H groups in total. The van der Waals surface area contributed by atoms with E-state index in [1.807, 2.05) is 6.07 Å². The van der Waals surface area contributed by atoms with Crippen LogP contribution in [0, 0.1) is 11.3 Å². The second-order valence-electron chi connectivity index (χ2n) is 5.35. The molecule has 8 nitrogen and oxygen atoms in total. The summed E-state index contributed by atoms with van der Waals surface area (Å²) in [5.74, 6) is -0.624.